The largest absolute Gasteiger partial charge is 0.479 e. The Bertz CT molecular complexity index is 683. The highest BCUT2D eigenvalue weighted by atomic mass is 19.2. The van der Waals surface area contributed by atoms with Crippen molar-refractivity contribution < 1.29 is 17.9 Å². The number of anilines is 1. The van der Waals surface area contributed by atoms with Crippen molar-refractivity contribution in [3.05, 3.63) is 59.4 Å². The third kappa shape index (κ3) is 3.89. The molecule has 21 heavy (non-hydrogen) atoms. The first-order chi connectivity index (χ1) is 10.1. The molecular formula is C15H11F3N2O. The molecule has 1 N–H and O–H groups in total. The molecule has 0 radical (unpaired) electrons. The second-order valence-corrected chi connectivity index (χ2v) is 4.19. The van der Waals surface area contributed by atoms with Crippen molar-refractivity contribution >= 4 is 5.69 Å². The lowest BCUT2D eigenvalue weighted by atomic mass is 10.2. The summed E-state index contributed by atoms with van der Waals surface area (Å²) in [5, 5.41) is 11.3. The van der Waals surface area contributed by atoms with E-state index in [9.17, 15) is 13.2 Å². The smallest absolute Gasteiger partial charge is 0.174 e. The van der Waals surface area contributed by atoms with Gasteiger partial charge in [0.25, 0.3) is 0 Å². The number of nitriles is 1. The van der Waals surface area contributed by atoms with Crippen LogP contribution in [0.15, 0.2) is 36.4 Å². The van der Waals surface area contributed by atoms with E-state index in [0.717, 1.165) is 6.07 Å². The van der Waals surface area contributed by atoms with E-state index in [1.165, 1.54) is 0 Å². The summed E-state index contributed by atoms with van der Waals surface area (Å²) in [6.07, 6.45) is 0. The number of hydrogen-bond donors (Lipinski definition) is 1. The summed E-state index contributed by atoms with van der Waals surface area (Å²) < 4.78 is 44.5. The van der Waals surface area contributed by atoms with Crippen molar-refractivity contribution in [2.45, 2.75) is 6.54 Å². The van der Waals surface area contributed by atoms with Crippen LogP contribution in [-0.2, 0) is 6.54 Å². The van der Waals surface area contributed by atoms with Crippen LogP contribution in [0.4, 0.5) is 18.9 Å². The van der Waals surface area contributed by atoms with Gasteiger partial charge in [0, 0.05) is 29.9 Å². The van der Waals surface area contributed by atoms with E-state index < -0.39 is 17.5 Å². The molecule has 0 bridgehead atoms. The second-order valence-electron chi connectivity index (χ2n) is 4.19. The maximum Gasteiger partial charge on any atom is 0.174 e. The Hall–Kier alpha value is -2.68. The molecule has 0 atom stereocenters. The van der Waals surface area contributed by atoms with Gasteiger partial charge in [0.2, 0.25) is 0 Å². The minimum Gasteiger partial charge on any atom is -0.479 e. The molecule has 0 aliphatic rings. The zero-order valence-electron chi connectivity index (χ0n) is 10.9. The van der Waals surface area contributed by atoms with Gasteiger partial charge < -0.3 is 10.1 Å². The van der Waals surface area contributed by atoms with Gasteiger partial charge in [-0.15, -0.1) is 0 Å². The number of hydrogen-bond acceptors (Lipinski definition) is 3. The van der Waals surface area contributed by atoms with Crippen LogP contribution in [0.25, 0.3) is 0 Å². The van der Waals surface area contributed by atoms with Crippen LogP contribution in [0.1, 0.15) is 5.56 Å². The number of halogens is 3. The van der Waals surface area contributed by atoms with Crippen LogP contribution in [0.5, 0.6) is 5.75 Å². The predicted molar refractivity (Wildman–Crippen MR) is 71.2 cm³/mol. The van der Waals surface area contributed by atoms with Gasteiger partial charge in [0.1, 0.15) is 17.6 Å². The lowest BCUT2D eigenvalue weighted by molar-refractivity contribution is 0.368. The summed E-state index contributed by atoms with van der Waals surface area (Å²) in [5.74, 6) is -2.66. The highest BCUT2D eigenvalue weighted by molar-refractivity contribution is 5.48. The third-order valence-corrected chi connectivity index (χ3v) is 2.71. The van der Waals surface area contributed by atoms with E-state index >= 15 is 0 Å². The van der Waals surface area contributed by atoms with Gasteiger partial charge >= 0.3 is 0 Å². The monoisotopic (exact) mass is 292 g/mol. The number of rotatable bonds is 5. The minimum absolute atomic E-state index is 0.00919. The zero-order chi connectivity index (χ0) is 15.2. The quantitative estimate of drug-likeness (QED) is 0.856. The normalized spacial score (nSPS) is 10.0. The Balaban J connectivity index is 2.06. The Morgan fingerprint density at radius 3 is 2.57 bits per heavy atom. The van der Waals surface area contributed by atoms with Gasteiger partial charge in [0.15, 0.2) is 18.2 Å². The molecule has 2 aromatic carbocycles. The van der Waals surface area contributed by atoms with Gasteiger partial charge in [-0.1, -0.05) is 6.07 Å². The van der Waals surface area contributed by atoms with Crippen LogP contribution in [-0.4, -0.2) is 6.61 Å². The van der Waals surface area contributed by atoms with Crippen molar-refractivity contribution in [1.82, 2.24) is 0 Å². The Morgan fingerprint density at radius 2 is 1.81 bits per heavy atom. The summed E-state index contributed by atoms with van der Waals surface area (Å²) in [4.78, 5) is 0. The van der Waals surface area contributed by atoms with E-state index in [1.807, 2.05) is 6.07 Å². The third-order valence-electron chi connectivity index (χ3n) is 2.71. The summed E-state index contributed by atoms with van der Waals surface area (Å²) >= 11 is 0. The molecule has 0 aliphatic heterocycles. The summed E-state index contributed by atoms with van der Waals surface area (Å²) in [6.45, 7) is -0.0913. The summed E-state index contributed by atoms with van der Waals surface area (Å²) in [6, 6.07) is 9.85. The maximum atomic E-state index is 13.5. The Morgan fingerprint density at radius 1 is 1.05 bits per heavy atom. The molecule has 108 valence electrons. The fourth-order valence-electron chi connectivity index (χ4n) is 1.71. The van der Waals surface area contributed by atoms with Crippen LogP contribution in [0.3, 0.4) is 0 Å². The lowest BCUT2D eigenvalue weighted by Gasteiger charge is -2.09. The number of ether oxygens (including phenoxy) is 1. The molecule has 0 spiro atoms. The van der Waals surface area contributed by atoms with E-state index in [2.05, 4.69) is 5.32 Å². The molecule has 0 amide bonds. The average Bonchev–Trinajstić information content (AvgIpc) is 2.48. The average molecular weight is 292 g/mol. The first-order valence-electron chi connectivity index (χ1n) is 6.07. The molecular weight excluding hydrogens is 281 g/mol. The molecule has 0 saturated heterocycles. The Labute approximate surface area is 119 Å². The fourth-order valence-corrected chi connectivity index (χ4v) is 1.71. The summed E-state index contributed by atoms with van der Waals surface area (Å²) in [7, 11) is 0. The fraction of sp³-hybridized carbons (Fsp3) is 0.133. The van der Waals surface area contributed by atoms with Gasteiger partial charge in [-0.3, -0.25) is 0 Å². The molecule has 0 fully saturated rings. The Kier molecular flexibility index (Phi) is 4.67. The molecule has 0 aromatic heterocycles. The van der Waals surface area contributed by atoms with Gasteiger partial charge in [0.05, 0.1) is 0 Å². The van der Waals surface area contributed by atoms with Crippen LogP contribution in [0, 0.1) is 28.8 Å². The van der Waals surface area contributed by atoms with Gasteiger partial charge in [-0.05, 0) is 18.2 Å². The predicted octanol–water partition coefficient (Wildman–Crippen LogP) is 3.62. The maximum absolute atomic E-state index is 13.5. The van der Waals surface area contributed by atoms with Crippen molar-refractivity contribution in [2.75, 3.05) is 11.9 Å². The van der Waals surface area contributed by atoms with Crippen LogP contribution >= 0.6 is 0 Å². The standard InChI is InChI=1S/C15H11F3N2O/c16-13-8-15(18)14(17)6-10(13)9-20-11-2-1-3-12(7-11)21-5-4-19/h1-3,6-8,20H,5,9H2. The molecule has 2 aromatic rings. The number of nitrogens with one attached hydrogen (secondary N) is 1. The molecule has 0 heterocycles. The molecule has 6 heteroatoms. The molecule has 0 unspecified atom stereocenters. The number of nitrogens with zero attached hydrogens (tertiary/aromatic N) is 1. The molecule has 0 aliphatic carbocycles. The SMILES string of the molecule is N#CCOc1cccc(NCc2cc(F)c(F)cc2F)c1. The zero-order valence-corrected chi connectivity index (χ0v) is 10.9. The van der Waals surface area contributed by atoms with E-state index in [4.69, 9.17) is 10.00 Å². The topological polar surface area (TPSA) is 45.0 Å². The first-order valence-corrected chi connectivity index (χ1v) is 6.07. The van der Waals surface area contributed by atoms with Crippen LogP contribution < -0.4 is 10.1 Å². The molecule has 2 rings (SSSR count). The molecule has 0 saturated carbocycles. The minimum atomic E-state index is -1.22. The van der Waals surface area contributed by atoms with E-state index in [-0.39, 0.29) is 18.7 Å². The lowest BCUT2D eigenvalue weighted by Crippen LogP contribution is -2.04. The van der Waals surface area contributed by atoms with Crippen molar-refractivity contribution in [3.63, 3.8) is 0 Å². The summed E-state index contributed by atoms with van der Waals surface area (Å²) in [5.41, 5.74) is 0.617. The van der Waals surface area contributed by atoms with E-state index in [0.29, 0.717) is 17.5 Å². The van der Waals surface area contributed by atoms with Gasteiger partial charge in [-0.2, -0.15) is 5.26 Å². The first kappa shape index (κ1) is 14.7. The van der Waals surface area contributed by atoms with E-state index in [1.54, 1.807) is 24.3 Å². The van der Waals surface area contributed by atoms with Crippen molar-refractivity contribution in [3.8, 4) is 11.8 Å². The molecule has 3 nitrogen and oxygen atoms in total. The van der Waals surface area contributed by atoms with Gasteiger partial charge in [-0.25, -0.2) is 13.2 Å². The van der Waals surface area contributed by atoms with Crippen molar-refractivity contribution in [1.29, 1.82) is 5.26 Å². The van der Waals surface area contributed by atoms with Crippen LogP contribution in [0.2, 0.25) is 0 Å². The second kappa shape index (κ2) is 6.66. The van der Waals surface area contributed by atoms with Crippen molar-refractivity contribution in [2.24, 2.45) is 0 Å². The number of benzene rings is 2. The highest BCUT2D eigenvalue weighted by Crippen LogP contribution is 2.19. The highest BCUT2D eigenvalue weighted by Gasteiger charge is 2.09.